The summed E-state index contributed by atoms with van der Waals surface area (Å²) in [6, 6.07) is 23.4. The van der Waals surface area contributed by atoms with E-state index < -0.39 is 0 Å². The first kappa shape index (κ1) is 21.6. The fourth-order valence-corrected chi connectivity index (χ4v) is 5.33. The summed E-state index contributed by atoms with van der Waals surface area (Å²) >= 11 is 1.95. The minimum Gasteiger partial charge on any atom is -0.496 e. The highest BCUT2D eigenvalue weighted by atomic mass is 32.2. The average Bonchev–Trinajstić information content (AvgIpc) is 2.98. The SMILES string of the molecule is COc1ccc([C@H]2CCN(Cc3cccc(OCCO)c3)c3ccccc3S2)cc1C. The summed E-state index contributed by atoms with van der Waals surface area (Å²) in [4.78, 5) is 3.77. The number of anilines is 1. The van der Waals surface area contributed by atoms with Crippen molar-refractivity contribution < 1.29 is 14.6 Å². The van der Waals surface area contributed by atoms with Crippen LogP contribution in [0.1, 0.15) is 28.4 Å². The van der Waals surface area contributed by atoms with E-state index in [1.807, 2.05) is 23.9 Å². The number of hydrogen-bond donors (Lipinski definition) is 1. The third-order valence-corrected chi connectivity index (χ3v) is 6.95. The molecule has 3 aromatic rings. The van der Waals surface area contributed by atoms with Gasteiger partial charge in [0, 0.05) is 23.2 Å². The third kappa shape index (κ3) is 5.17. The number of para-hydroxylation sites is 1. The highest BCUT2D eigenvalue weighted by Gasteiger charge is 2.23. The van der Waals surface area contributed by atoms with Crippen LogP contribution in [-0.2, 0) is 6.54 Å². The summed E-state index contributed by atoms with van der Waals surface area (Å²) in [6.45, 7) is 4.24. The van der Waals surface area contributed by atoms with E-state index >= 15 is 0 Å². The molecular weight excluding hydrogens is 406 g/mol. The molecule has 0 fully saturated rings. The van der Waals surface area contributed by atoms with Crippen molar-refractivity contribution in [2.24, 2.45) is 0 Å². The molecule has 162 valence electrons. The van der Waals surface area contributed by atoms with Gasteiger partial charge in [-0.3, -0.25) is 0 Å². The molecular formula is C26H29NO3S. The molecule has 5 heteroatoms. The van der Waals surface area contributed by atoms with Gasteiger partial charge in [0.05, 0.1) is 19.4 Å². The lowest BCUT2D eigenvalue weighted by Gasteiger charge is -2.25. The van der Waals surface area contributed by atoms with Gasteiger partial charge in [0.2, 0.25) is 0 Å². The van der Waals surface area contributed by atoms with E-state index in [9.17, 15) is 0 Å². The van der Waals surface area contributed by atoms with Crippen LogP contribution >= 0.6 is 11.8 Å². The molecule has 0 spiro atoms. The van der Waals surface area contributed by atoms with Gasteiger partial charge in [0.15, 0.2) is 0 Å². The van der Waals surface area contributed by atoms with Crippen LogP contribution in [-0.4, -0.2) is 32.0 Å². The number of nitrogens with zero attached hydrogens (tertiary/aromatic N) is 1. The number of thioether (sulfide) groups is 1. The summed E-state index contributed by atoms with van der Waals surface area (Å²) < 4.78 is 11.0. The van der Waals surface area contributed by atoms with Gasteiger partial charge in [-0.15, -0.1) is 11.8 Å². The maximum absolute atomic E-state index is 9.02. The molecule has 0 aliphatic carbocycles. The van der Waals surface area contributed by atoms with Gasteiger partial charge >= 0.3 is 0 Å². The summed E-state index contributed by atoms with van der Waals surface area (Å²) in [5.74, 6) is 1.74. The van der Waals surface area contributed by atoms with E-state index in [2.05, 4.69) is 66.4 Å². The van der Waals surface area contributed by atoms with Crippen LogP contribution < -0.4 is 14.4 Å². The maximum atomic E-state index is 9.02. The second kappa shape index (κ2) is 10.1. The predicted octanol–water partition coefficient (Wildman–Crippen LogP) is 5.62. The molecule has 31 heavy (non-hydrogen) atoms. The lowest BCUT2D eigenvalue weighted by molar-refractivity contribution is 0.201. The molecule has 1 aliphatic rings. The molecule has 0 radical (unpaired) electrons. The Morgan fingerprint density at radius 1 is 1.06 bits per heavy atom. The first-order chi connectivity index (χ1) is 15.2. The summed E-state index contributed by atoms with van der Waals surface area (Å²) in [7, 11) is 1.72. The van der Waals surface area contributed by atoms with Crippen LogP contribution in [0.3, 0.4) is 0 Å². The number of fused-ring (bicyclic) bond motifs is 1. The van der Waals surface area contributed by atoms with Gasteiger partial charge in [-0.05, 0) is 60.4 Å². The second-order valence-electron chi connectivity index (χ2n) is 7.73. The number of benzene rings is 3. The van der Waals surface area contributed by atoms with Crippen LogP contribution in [0.15, 0.2) is 71.6 Å². The molecule has 0 bridgehead atoms. The van der Waals surface area contributed by atoms with E-state index in [4.69, 9.17) is 14.6 Å². The number of ether oxygens (including phenoxy) is 2. The number of aliphatic hydroxyl groups is 1. The molecule has 4 nitrogen and oxygen atoms in total. The monoisotopic (exact) mass is 435 g/mol. The second-order valence-corrected chi connectivity index (χ2v) is 8.98. The largest absolute Gasteiger partial charge is 0.496 e. The Bertz CT molecular complexity index is 1020. The Balaban J connectivity index is 1.57. The number of aryl methyl sites for hydroxylation is 1. The topological polar surface area (TPSA) is 41.9 Å². The zero-order valence-electron chi connectivity index (χ0n) is 18.1. The lowest BCUT2D eigenvalue weighted by Crippen LogP contribution is -2.24. The highest BCUT2D eigenvalue weighted by Crippen LogP contribution is 2.46. The van der Waals surface area contributed by atoms with Crippen LogP contribution in [0.2, 0.25) is 0 Å². The van der Waals surface area contributed by atoms with Gasteiger partial charge in [0.1, 0.15) is 18.1 Å². The first-order valence-electron chi connectivity index (χ1n) is 10.7. The van der Waals surface area contributed by atoms with Crippen LogP contribution in [0.5, 0.6) is 11.5 Å². The normalized spacial score (nSPS) is 15.8. The summed E-state index contributed by atoms with van der Waals surface area (Å²) in [5.41, 5.74) is 5.00. The van der Waals surface area contributed by atoms with Gasteiger partial charge in [0.25, 0.3) is 0 Å². The molecule has 0 unspecified atom stereocenters. The minimum absolute atomic E-state index is 0.0210. The zero-order chi connectivity index (χ0) is 21.6. The standard InChI is InChI=1S/C26H29NO3S/c1-19-16-21(10-11-24(19)29-2)25-12-13-27(23-8-3-4-9-26(23)31-25)18-20-6-5-7-22(17-20)30-15-14-28/h3-11,16-17,25,28H,12-15,18H2,1-2H3/t25-/m1/s1. The summed E-state index contributed by atoms with van der Waals surface area (Å²) in [5, 5.41) is 9.42. The van der Waals surface area contributed by atoms with Gasteiger partial charge < -0.3 is 19.5 Å². The third-order valence-electron chi connectivity index (χ3n) is 5.56. The molecule has 3 aromatic carbocycles. The van der Waals surface area contributed by atoms with Crippen LogP contribution in [0.25, 0.3) is 0 Å². The van der Waals surface area contributed by atoms with E-state index in [0.717, 1.165) is 31.0 Å². The van der Waals surface area contributed by atoms with Gasteiger partial charge in [-0.25, -0.2) is 0 Å². The molecule has 0 saturated heterocycles. The Morgan fingerprint density at radius 2 is 1.94 bits per heavy atom. The number of hydrogen-bond acceptors (Lipinski definition) is 5. The Hall–Kier alpha value is -2.63. The molecule has 1 N–H and O–H groups in total. The minimum atomic E-state index is 0.0210. The quantitative estimate of drug-likeness (QED) is 0.522. The fraction of sp³-hybridized carbons (Fsp3) is 0.308. The van der Waals surface area contributed by atoms with Crippen molar-refractivity contribution in [1.82, 2.24) is 0 Å². The van der Waals surface area contributed by atoms with Gasteiger partial charge in [-0.1, -0.05) is 36.4 Å². The summed E-state index contributed by atoms with van der Waals surface area (Å²) in [6.07, 6.45) is 1.06. The van der Waals surface area contributed by atoms with E-state index in [1.165, 1.54) is 27.3 Å². The molecule has 1 heterocycles. The maximum Gasteiger partial charge on any atom is 0.121 e. The Labute approximate surface area is 188 Å². The Morgan fingerprint density at radius 3 is 2.74 bits per heavy atom. The molecule has 0 amide bonds. The number of aliphatic hydroxyl groups excluding tert-OH is 1. The molecule has 0 saturated carbocycles. The Kier molecular flexibility index (Phi) is 7.05. The molecule has 4 rings (SSSR count). The van der Waals surface area contributed by atoms with Crippen LogP contribution in [0, 0.1) is 6.92 Å². The van der Waals surface area contributed by atoms with Crippen molar-refractivity contribution in [2.75, 3.05) is 31.8 Å². The van der Waals surface area contributed by atoms with E-state index in [1.54, 1.807) is 7.11 Å². The predicted molar refractivity (Wildman–Crippen MR) is 127 cm³/mol. The highest BCUT2D eigenvalue weighted by molar-refractivity contribution is 7.99. The van der Waals surface area contributed by atoms with Crippen LogP contribution in [0.4, 0.5) is 5.69 Å². The molecule has 1 atom stereocenters. The van der Waals surface area contributed by atoms with Gasteiger partial charge in [-0.2, -0.15) is 0 Å². The smallest absolute Gasteiger partial charge is 0.121 e. The van der Waals surface area contributed by atoms with Crippen molar-refractivity contribution in [1.29, 1.82) is 0 Å². The van der Waals surface area contributed by atoms with Crippen molar-refractivity contribution >= 4 is 17.4 Å². The lowest BCUT2D eigenvalue weighted by atomic mass is 10.1. The van der Waals surface area contributed by atoms with E-state index in [0.29, 0.717) is 11.9 Å². The molecule has 1 aliphatic heterocycles. The van der Waals surface area contributed by atoms with E-state index in [-0.39, 0.29) is 6.61 Å². The molecule has 0 aromatic heterocycles. The first-order valence-corrected chi connectivity index (χ1v) is 11.5. The zero-order valence-corrected chi connectivity index (χ0v) is 18.9. The fourth-order valence-electron chi connectivity index (χ4n) is 4.04. The number of rotatable bonds is 7. The van der Waals surface area contributed by atoms with Crippen molar-refractivity contribution in [2.45, 2.75) is 30.0 Å². The van der Waals surface area contributed by atoms with Crippen molar-refractivity contribution in [3.8, 4) is 11.5 Å². The van der Waals surface area contributed by atoms with Crippen molar-refractivity contribution in [3.63, 3.8) is 0 Å². The number of methoxy groups -OCH3 is 1. The average molecular weight is 436 g/mol. The van der Waals surface area contributed by atoms with Crippen molar-refractivity contribution in [3.05, 3.63) is 83.4 Å².